The molecule has 2 atom stereocenters. The van der Waals surface area contributed by atoms with Gasteiger partial charge in [0.1, 0.15) is 12.0 Å². The molecule has 4 heteroatoms. The van der Waals surface area contributed by atoms with Crippen molar-refractivity contribution in [2.45, 2.75) is 51.2 Å². The zero-order valence-electron chi connectivity index (χ0n) is 12.5. The van der Waals surface area contributed by atoms with Gasteiger partial charge in [-0.2, -0.15) is 0 Å². The molecule has 1 saturated carbocycles. The molecular weight excluding hydrogens is 267 g/mol. The smallest absolute Gasteiger partial charge is 0.241 e. The molecule has 1 aliphatic carbocycles. The quantitative estimate of drug-likeness (QED) is 0.927. The van der Waals surface area contributed by atoms with Gasteiger partial charge in [-0.3, -0.25) is 10.1 Å². The van der Waals surface area contributed by atoms with Gasteiger partial charge < -0.3 is 4.90 Å². The summed E-state index contributed by atoms with van der Waals surface area (Å²) in [4.78, 5) is 14.4. The van der Waals surface area contributed by atoms with Crippen LogP contribution in [0.1, 0.15) is 50.8 Å². The van der Waals surface area contributed by atoms with Crippen molar-refractivity contribution in [3.8, 4) is 0 Å². The number of hydrogen-bond acceptors (Lipinski definition) is 2. The van der Waals surface area contributed by atoms with Crippen LogP contribution in [0.2, 0.25) is 0 Å². The van der Waals surface area contributed by atoms with Gasteiger partial charge in [-0.25, -0.2) is 4.39 Å². The van der Waals surface area contributed by atoms with Gasteiger partial charge in [-0.15, -0.1) is 0 Å². The summed E-state index contributed by atoms with van der Waals surface area (Å²) in [5, 5.41) is 3.33. The first kappa shape index (κ1) is 14.5. The van der Waals surface area contributed by atoms with E-state index in [2.05, 4.69) is 5.32 Å². The Morgan fingerprint density at radius 1 is 1.19 bits per heavy atom. The molecule has 114 valence electrons. The molecule has 21 heavy (non-hydrogen) atoms. The maximum absolute atomic E-state index is 13.1. The highest BCUT2D eigenvalue weighted by atomic mass is 19.1. The molecule has 1 aromatic rings. The summed E-state index contributed by atoms with van der Waals surface area (Å²) in [6.07, 6.45) is 6.19. The first-order chi connectivity index (χ1) is 10.1. The van der Waals surface area contributed by atoms with E-state index in [4.69, 9.17) is 0 Å². The van der Waals surface area contributed by atoms with E-state index in [0.717, 1.165) is 12.1 Å². The summed E-state index contributed by atoms with van der Waals surface area (Å²) in [6.45, 7) is 2.72. The van der Waals surface area contributed by atoms with E-state index in [9.17, 15) is 9.18 Å². The van der Waals surface area contributed by atoms with Crippen LogP contribution in [0.3, 0.4) is 0 Å². The number of carbonyl (C=O) groups is 1. The third-order valence-corrected chi connectivity index (χ3v) is 4.74. The average Bonchev–Trinajstić information content (AvgIpc) is 2.78. The normalized spacial score (nSPS) is 27.3. The van der Waals surface area contributed by atoms with Gasteiger partial charge in [0.2, 0.25) is 5.91 Å². The van der Waals surface area contributed by atoms with Crippen molar-refractivity contribution in [2.75, 3.05) is 6.54 Å². The molecule has 1 heterocycles. The fourth-order valence-corrected chi connectivity index (χ4v) is 3.54. The van der Waals surface area contributed by atoms with Crippen molar-refractivity contribution in [1.82, 2.24) is 10.2 Å². The molecule has 2 fully saturated rings. The molecule has 0 bridgehead atoms. The van der Waals surface area contributed by atoms with Crippen LogP contribution in [-0.2, 0) is 4.79 Å². The minimum Gasteiger partial charge on any atom is -0.321 e. The highest BCUT2D eigenvalue weighted by Gasteiger charge is 2.38. The van der Waals surface area contributed by atoms with Crippen LogP contribution in [0.4, 0.5) is 4.39 Å². The third kappa shape index (κ3) is 3.10. The largest absolute Gasteiger partial charge is 0.321 e. The van der Waals surface area contributed by atoms with E-state index in [0.29, 0.717) is 5.92 Å². The Morgan fingerprint density at radius 2 is 1.86 bits per heavy atom. The lowest BCUT2D eigenvalue weighted by molar-refractivity contribution is -0.130. The average molecular weight is 290 g/mol. The van der Waals surface area contributed by atoms with Crippen molar-refractivity contribution in [3.05, 3.63) is 35.6 Å². The molecule has 0 radical (unpaired) electrons. The topological polar surface area (TPSA) is 32.3 Å². The van der Waals surface area contributed by atoms with Crippen molar-refractivity contribution >= 4 is 5.91 Å². The van der Waals surface area contributed by atoms with Gasteiger partial charge in [0.05, 0.1) is 6.04 Å². The van der Waals surface area contributed by atoms with Gasteiger partial charge >= 0.3 is 0 Å². The highest BCUT2D eigenvalue weighted by molar-refractivity contribution is 5.84. The minimum atomic E-state index is -0.241. The number of amides is 1. The Morgan fingerprint density at radius 3 is 2.52 bits per heavy atom. The second-order valence-electron chi connectivity index (χ2n) is 6.34. The molecule has 1 N–H and O–H groups in total. The standard InChI is InChI=1S/C17H23FN2O/c1-12-17(21)20(11-13-5-3-2-4-6-13)16(19-12)14-7-9-15(18)10-8-14/h7-10,12-13,16,19H,2-6,11H2,1H3. The molecule has 0 aromatic heterocycles. The Kier molecular flexibility index (Phi) is 4.24. The Balaban J connectivity index is 1.77. The number of nitrogens with one attached hydrogen (secondary N) is 1. The summed E-state index contributed by atoms with van der Waals surface area (Å²) in [6, 6.07) is 6.30. The van der Waals surface area contributed by atoms with Gasteiger partial charge in [0, 0.05) is 6.54 Å². The van der Waals surface area contributed by atoms with Crippen molar-refractivity contribution < 1.29 is 9.18 Å². The summed E-state index contributed by atoms with van der Waals surface area (Å²) in [5.74, 6) is 0.530. The summed E-state index contributed by atoms with van der Waals surface area (Å²) in [5.41, 5.74) is 0.963. The number of halogens is 1. The Labute approximate surface area is 125 Å². The second-order valence-corrected chi connectivity index (χ2v) is 6.34. The Hall–Kier alpha value is -1.42. The van der Waals surface area contributed by atoms with Crippen LogP contribution >= 0.6 is 0 Å². The molecule has 1 saturated heterocycles. The summed E-state index contributed by atoms with van der Waals surface area (Å²) in [7, 11) is 0. The molecule has 1 aromatic carbocycles. The SMILES string of the molecule is CC1NC(c2ccc(F)cc2)N(CC2CCCCC2)C1=O. The van der Waals surface area contributed by atoms with Crippen LogP contribution in [0.5, 0.6) is 0 Å². The number of benzene rings is 1. The zero-order chi connectivity index (χ0) is 14.8. The van der Waals surface area contributed by atoms with Crippen LogP contribution in [0, 0.1) is 11.7 Å². The highest BCUT2D eigenvalue weighted by Crippen LogP contribution is 2.30. The maximum Gasteiger partial charge on any atom is 0.241 e. The lowest BCUT2D eigenvalue weighted by atomic mass is 9.88. The van der Waals surface area contributed by atoms with E-state index >= 15 is 0 Å². The van der Waals surface area contributed by atoms with E-state index in [1.165, 1.54) is 44.2 Å². The minimum absolute atomic E-state index is 0.116. The number of rotatable bonds is 3. The Bertz CT molecular complexity index is 496. The van der Waals surface area contributed by atoms with Gasteiger partial charge in [-0.1, -0.05) is 31.4 Å². The van der Waals surface area contributed by atoms with Crippen molar-refractivity contribution in [3.63, 3.8) is 0 Å². The molecular formula is C17H23FN2O. The molecule has 0 spiro atoms. The third-order valence-electron chi connectivity index (χ3n) is 4.74. The zero-order valence-corrected chi connectivity index (χ0v) is 12.5. The van der Waals surface area contributed by atoms with Crippen LogP contribution < -0.4 is 5.32 Å². The fraction of sp³-hybridized carbons (Fsp3) is 0.588. The molecule has 1 amide bonds. The summed E-state index contributed by atoms with van der Waals surface area (Å²) < 4.78 is 13.1. The van der Waals surface area contributed by atoms with Crippen LogP contribution in [0.15, 0.2) is 24.3 Å². The monoisotopic (exact) mass is 290 g/mol. The fourth-order valence-electron chi connectivity index (χ4n) is 3.54. The lowest BCUT2D eigenvalue weighted by Gasteiger charge is -2.30. The predicted molar refractivity (Wildman–Crippen MR) is 80.0 cm³/mol. The summed E-state index contributed by atoms with van der Waals surface area (Å²) >= 11 is 0. The first-order valence-electron chi connectivity index (χ1n) is 7.97. The first-order valence-corrected chi connectivity index (χ1v) is 7.97. The predicted octanol–water partition coefficient (Wildman–Crippen LogP) is 3.22. The molecule has 1 aliphatic heterocycles. The van der Waals surface area contributed by atoms with Gasteiger partial charge in [-0.05, 0) is 43.4 Å². The van der Waals surface area contributed by atoms with Crippen molar-refractivity contribution in [1.29, 1.82) is 0 Å². The van der Waals surface area contributed by atoms with Crippen LogP contribution in [-0.4, -0.2) is 23.4 Å². The molecule has 2 unspecified atom stereocenters. The van der Waals surface area contributed by atoms with E-state index in [1.54, 1.807) is 12.1 Å². The number of hydrogen-bond donors (Lipinski definition) is 1. The maximum atomic E-state index is 13.1. The van der Waals surface area contributed by atoms with E-state index in [-0.39, 0.29) is 23.9 Å². The number of carbonyl (C=O) groups excluding carboxylic acids is 1. The van der Waals surface area contributed by atoms with Crippen molar-refractivity contribution in [2.24, 2.45) is 5.92 Å². The van der Waals surface area contributed by atoms with Gasteiger partial charge in [0.25, 0.3) is 0 Å². The lowest BCUT2D eigenvalue weighted by Crippen LogP contribution is -2.35. The van der Waals surface area contributed by atoms with Crippen LogP contribution in [0.25, 0.3) is 0 Å². The van der Waals surface area contributed by atoms with Gasteiger partial charge in [0.15, 0.2) is 0 Å². The molecule has 3 rings (SSSR count). The molecule has 3 nitrogen and oxygen atoms in total. The molecule has 2 aliphatic rings. The second kappa shape index (κ2) is 6.14. The number of nitrogens with zero attached hydrogens (tertiary/aromatic N) is 1. The van der Waals surface area contributed by atoms with E-state index < -0.39 is 0 Å². The van der Waals surface area contributed by atoms with E-state index in [1.807, 2.05) is 11.8 Å².